The Balaban J connectivity index is 1.98. The average Bonchev–Trinajstić information content (AvgIpc) is 2.55. The second-order valence-electron chi connectivity index (χ2n) is 5.70. The van der Waals surface area contributed by atoms with E-state index in [-0.39, 0.29) is 24.0 Å². The number of hydrogen-bond donors (Lipinski definition) is 1. The van der Waals surface area contributed by atoms with Crippen molar-refractivity contribution in [2.45, 2.75) is 33.5 Å². The molecule has 0 atom stereocenters. The predicted octanol–water partition coefficient (Wildman–Crippen LogP) is 3.62. The van der Waals surface area contributed by atoms with Crippen molar-refractivity contribution in [2.24, 2.45) is 0 Å². The number of benzene rings is 2. The number of aromatic hydroxyl groups is 1. The van der Waals surface area contributed by atoms with Gasteiger partial charge < -0.3 is 14.6 Å². The molecule has 0 aliphatic carbocycles. The minimum Gasteiger partial charge on any atom is -0.507 e. The Bertz CT molecular complexity index is 732. The molecule has 0 aliphatic rings. The summed E-state index contributed by atoms with van der Waals surface area (Å²) < 4.78 is 10.3. The Kier molecular flexibility index (Phi) is 5.58. The van der Waals surface area contributed by atoms with Crippen molar-refractivity contribution in [3.63, 3.8) is 0 Å². The highest BCUT2D eigenvalue weighted by atomic mass is 16.5. The van der Waals surface area contributed by atoms with Crippen LogP contribution in [0.5, 0.6) is 5.75 Å². The Morgan fingerprint density at radius 3 is 2.33 bits per heavy atom. The molecule has 0 fully saturated rings. The second kappa shape index (κ2) is 7.64. The first-order valence-corrected chi connectivity index (χ1v) is 7.64. The highest BCUT2D eigenvalue weighted by molar-refractivity contribution is 5.93. The van der Waals surface area contributed by atoms with E-state index in [0.29, 0.717) is 11.1 Å². The summed E-state index contributed by atoms with van der Waals surface area (Å²) in [7, 11) is 0. The van der Waals surface area contributed by atoms with Crippen molar-refractivity contribution in [3.05, 3.63) is 64.7 Å². The first-order valence-electron chi connectivity index (χ1n) is 7.64. The highest BCUT2D eigenvalue weighted by Crippen LogP contribution is 2.22. The molecule has 2 aromatic carbocycles. The lowest BCUT2D eigenvalue weighted by molar-refractivity contribution is 0.0375. The van der Waals surface area contributed by atoms with E-state index in [1.807, 2.05) is 0 Å². The summed E-state index contributed by atoms with van der Waals surface area (Å²) in [6.07, 6.45) is -0.180. The third-order valence-electron chi connectivity index (χ3n) is 3.36. The van der Waals surface area contributed by atoms with Crippen LogP contribution in [0.4, 0.5) is 0 Å². The number of para-hydroxylation sites is 1. The first-order chi connectivity index (χ1) is 11.4. The molecule has 0 unspecified atom stereocenters. The predicted molar refractivity (Wildman–Crippen MR) is 89.0 cm³/mol. The molecule has 0 radical (unpaired) electrons. The number of hydrogen-bond acceptors (Lipinski definition) is 5. The summed E-state index contributed by atoms with van der Waals surface area (Å²) in [5.74, 6) is -1.06. The molecule has 2 rings (SSSR count). The van der Waals surface area contributed by atoms with Gasteiger partial charge in [0.25, 0.3) is 0 Å². The summed E-state index contributed by atoms with van der Waals surface area (Å²) >= 11 is 0. The summed E-state index contributed by atoms with van der Waals surface area (Å²) in [5.41, 5.74) is 1.91. The lowest BCUT2D eigenvalue weighted by atomic mass is 10.1. The minimum atomic E-state index is -0.598. The molecule has 0 amide bonds. The summed E-state index contributed by atoms with van der Waals surface area (Å²) in [4.78, 5) is 23.8. The zero-order chi connectivity index (χ0) is 17.7. The smallest absolute Gasteiger partial charge is 0.342 e. The van der Waals surface area contributed by atoms with Crippen molar-refractivity contribution < 1.29 is 24.2 Å². The topological polar surface area (TPSA) is 72.8 Å². The van der Waals surface area contributed by atoms with Crippen LogP contribution in [-0.2, 0) is 16.1 Å². The van der Waals surface area contributed by atoms with Crippen LogP contribution in [0, 0.1) is 6.92 Å². The van der Waals surface area contributed by atoms with Gasteiger partial charge in [-0.3, -0.25) is 0 Å². The van der Waals surface area contributed by atoms with E-state index in [9.17, 15) is 14.7 Å². The molecule has 0 aliphatic heterocycles. The van der Waals surface area contributed by atoms with Crippen LogP contribution in [0.25, 0.3) is 0 Å². The summed E-state index contributed by atoms with van der Waals surface area (Å²) in [6, 6.07) is 11.5. The molecule has 0 aromatic heterocycles. The molecule has 5 nitrogen and oxygen atoms in total. The van der Waals surface area contributed by atoms with E-state index < -0.39 is 11.9 Å². The maximum absolute atomic E-state index is 12.0. The average molecular weight is 328 g/mol. The molecule has 1 N–H and O–H groups in total. The molecule has 0 saturated heterocycles. The van der Waals surface area contributed by atoms with Crippen LogP contribution in [0.2, 0.25) is 0 Å². The van der Waals surface area contributed by atoms with Crippen LogP contribution in [0.3, 0.4) is 0 Å². The van der Waals surface area contributed by atoms with Crippen LogP contribution >= 0.6 is 0 Å². The van der Waals surface area contributed by atoms with E-state index in [1.54, 1.807) is 57.2 Å². The maximum atomic E-state index is 12.0. The number of phenolic OH excluding ortho intramolecular Hbond substituents is 1. The highest BCUT2D eigenvalue weighted by Gasteiger charge is 2.14. The molecule has 0 heterocycles. The first kappa shape index (κ1) is 17.5. The lowest BCUT2D eigenvalue weighted by Crippen LogP contribution is -2.11. The standard InChI is InChI=1S/C19H20O5/c1-12(2)24-18(21)15-9-7-14(8-10-15)11-23-19(22)16-6-4-5-13(3)17(16)20/h4-10,12,20H,11H2,1-3H3. The van der Waals surface area contributed by atoms with Crippen LogP contribution in [0.1, 0.15) is 45.7 Å². The molecule has 126 valence electrons. The maximum Gasteiger partial charge on any atom is 0.342 e. The number of aryl methyl sites for hydroxylation is 1. The Hall–Kier alpha value is -2.82. The molecule has 0 bridgehead atoms. The van der Waals surface area contributed by atoms with Crippen molar-refractivity contribution in [3.8, 4) is 5.75 Å². The Morgan fingerprint density at radius 1 is 1.04 bits per heavy atom. The third kappa shape index (κ3) is 4.35. The number of rotatable bonds is 5. The van der Waals surface area contributed by atoms with Gasteiger partial charge in [-0.15, -0.1) is 0 Å². The van der Waals surface area contributed by atoms with Crippen molar-refractivity contribution in [2.75, 3.05) is 0 Å². The fraction of sp³-hybridized carbons (Fsp3) is 0.263. The van der Waals surface area contributed by atoms with Gasteiger partial charge in [0.05, 0.1) is 11.7 Å². The second-order valence-corrected chi connectivity index (χ2v) is 5.70. The number of esters is 2. The van der Waals surface area contributed by atoms with E-state index in [2.05, 4.69) is 0 Å². The molecule has 5 heteroatoms. The lowest BCUT2D eigenvalue weighted by Gasteiger charge is -2.09. The minimum absolute atomic E-state index is 0.0473. The molecule has 0 saturated carbocycles. The number of ether oxygens (including phenoxy) is 2. The molecule has 2 aromatic rings. The van der Waals surface area contributed by atoms with Crippen LogP contribution < -0.4 is 0 Å². The largest absolute Gasteiger partial charge is 0.507 e. The van der Waals surface area contributed by atoms with E-state index >= 15 is 0 Å². The zero-order valence-corrected chi connectivity index (χ0v) is 13.9. The molecule has 0 spiro atoms. The Labute approximate surface area is 140 Å². The summed E-state index contributed by atoms with van der Waals surface area (Å²) in [6.45, 7) is 5.33. The van der Waals surface area contributed by atoms with Crippen LogP contribution in [-0.4, -0.2) is 23.1 Å². The van der Waals surface area contributed by atoms with E-state index in [4.69, 9.17) is 9.47 Å². The molecular weight excluding hydrogens is 308 g/mol. The van der Waals surface area contributed by atoms with Gasteiger partial charge in [-0.1, -0.05) is 24.3 Å². The van der Waals surface area contributed by atoms with Crippen molar-refractivity contribution >= 4 is 11.9 Å². The van der Waals surface area contributed by atoms with Gasteiger partial charge in [0, 0.05) is 0 Å². The number of phenols is 1. The van der Waals surface area contributed by atoms with Gasteiger partial charge >= 0.3 is 11.9 Å². The van der Waals surface area contributed by atoms with E-state index in [0.717, 1.165) is 5.56 Å². The monoisotopic (exact) mass is 328 g/mol. The fourth-order valence-corrected chi connectivity index (χ4v) is 2.07. The van der Waals surface area contributed by atoms with Crippen molar-refractivity contribution in [1.82, 2.24) is 0 Å². The molecular formula is C19H20O5. The number of carbonyl (C=O) groups is 2. The van der Waals surface area contributed by atoms with Gasteiger partial charge in [0.2, 0.25) is 0 Å². The van der Waals surface area contributed by atoms with Gasteiger partial charge in [-0.05, 0) is 50.1 Å². The summed E-state index contributed by atoms with van der Waals surface area (Å²) in [5, 5.41) is 9.88. The van der Waals surface area contributed by atoms with Gasteiger partial charge in [-0.2, -0.15) is 0 Å². The normalized spacial score (nSPS) is 10.5. The van der Waals surface area contributed by atoms with Crippen LogP contribution in [0.15, 0.2) is 42.5 Å². The van der Waals surface area contributed by atoms with Gasteiger partial charge in [0.15, 0.2) is 0 Å². The molecule has 24 heavy (non-hydrogen) atoms. The fourth-order valence-electron chi connectivity index (χ4n) is 2.07. The number of carbonyl (C=O) groups excluding carboxylic acids is 2. The SMILES string of the molecule is Cc1cccc(C(=O)OCc2ccc(C(=O)OC(C)C)cc2)c1O. The zero-order valence-electron chi connectivity index (χ0n) is 13.9. The van der Waals surface area contributed by atoms with Gasteiger partial charge in [-0.25, -0.2) is 9.59 Å². The Morgan fingerprint density at radius 2 is 1.71 bits per heavy atom. The van der Waals surface area contributed by atoms with E-state index in [1.165, 1.54) is 6.07 Å². The third-order valence-corrected chi connectivity index (χ3v) is 3.36. The quantitative estimate of drug-likeness (QED) is 0.849. The van der Waals surface area contributed by atoms with Gasteiger partial charge in [0.1, 0.15) is 17.9 Å². The van der Waals surface area contributed by atoms with Crippen molar-refractivity contribution in [1.29, 1.82) is 0 Å².